The van der Waals surface area contributed by atoms with Gasteiger partial charge in [-0.05, 0) is 24.6 Å². The monoisotopic (exact) mass is 362 g/mol. The standard InChI is InChI=1S/C16H19BrN4O/c1-2-3-4-8-18-15-10-14(19-11-20-15)16(22)21-13-7-5-6-12(17)9-13/h5-7,9-11H,2-4,8H2,1H3,(H,21,22)(H,18,19,20). The highest BCUT2D eigenvalue weighted by Crippen LogP contribution is 2.16. The van der Waals surface area contributed by atoms with Crippen LogP contribution in [0.15, 0.2) is 41.1 Å². The summed E-state index contributed by atoms with van der Waals surface area (Å²) >= 11 is 3.37. The van der Waals surface area contributed by atoms with Gasteiger partial charge in [0.25, 0.3) is 5.91 Å². The summed E-state index contributed by atoms with van der Waals surface area (Å²) in [6, 6.07) is 9.09. The van der Waals surface area contributed by atoms with Gasteiger partial charge in [0.1, 0.15) is 17.8 Å². The van der Waals surface area contributed by atoms with E-state index in [4.69, 9.17) is 0 Å². The minimum absolute atomic E-state index is 0.253. The number of nitrogens with zero attached hydrogens (tertiary/aromatic N) is 2. The molecule has 0 saturated heterocycles. The Morgan fingerprint density at radius 1 is 1.23 bits per heavy atom. The molecule has 22 heavy (non-hydrogen) atoms. The molecule has 0 fully saturated rings. The Bertz CT molecular complexity index is 633. The number of halogens is 1. The van der Waals surface area contributed by atoms with E-state index in [1.165, 1.54) is 19.2 Å². The summed E-state index contributed by atoms with van der Waals surface area (Å²) in [5.74, 6) is 0.419. The summed E-state index contributed by atoms with van der Waals surface area (Å²) in [5.41, 5.74) is 1.06. The Morgan fingerprint density at radius 2 is 2.09 bits per heavy atom. The molecule has 0 saturated carbocycles. The summed E-state index contributed by atoms with van der Waals surface area (Å²) < 4.78 is 0.909. The Morgan fingerprint density at radius 3 is 2.86 bits per heavy atom. The lowest BCUT2D eigenvalue weighted by Crippen LogP contribution is -2.15. The van der Waals surface area contributed by atoms with Crippen LogP contribution in [0.3, 0.4) is 0 Å². The first-order valence-corrected chi connectivity index (χ1v) is 8.11. The van der Waals surface area contributed by atoms with Crippen molar-refractivity contribution in [2.75, 3.05) is 17.2 Å². The second-order valence-electron chi connectivity index (χ2n) is 4.89. The fourth-order valence-electron chi connectivity index (χ4n) is 1.93. The Hall–Kier alpha value is -1.95. The molecule has 0 aliphatic rings. The molecular weight excluding hydrogens is 344 g/mol. The molecule has 2 rings (SSSR count). The van der Waals surface area contributed by atoms with Gasteiger partial charge in [0.2, 0.25) is 0 Å². The Labute approximate surface area is 138 Å². The van der Waals surface area contributed by atoms with Crippen molar-refractivity contribution in [3.63, 3.8) is 0 Å². The van der Waals surface area contributed by atoms with Crippen molar-refractivity contribution >= 4 is 33.3 Å². The topological polar surface area (TPSA) is 66.9 Å². The minimum atomic E-state index is -0.253. The first-order chi connectivity index (χ1) is 10.7. The van der Waals surface area contributed by atoms with Crippen LogP contribution < -0.4 is 10.6 Å². The molecule has 0 atom stereocenters. The summed E-state index contributed by atoms with van der Waals surface area (Å²) in [5, 5.41) is 6.02. The third kappa shape index (κ3) is 5.11. The van der Waals surface area contributed by atoms with Gasteiger partial charge in [0.15, 0.2) is 0 Å². The highest BCUT2D eigenvalue weighted by atomic mass is 79.9. The van der Waals surface area contributed by atoms with Crippen LogP contribution >= 0.6 is 15.9 Å². The Kier molecular flexibility index (Phi) is 6.33. The minimum Gasteiger partial charge on any atom is -0.370 e. The van der Waals surface area contributed by atoms with Crippen molar-refractivity contribution in [3.05, 3.63) is 46.8 Å². The second kappa shape index (κ2) is 8.48. The summed E-state index contributed by atoms with van der Waals surface area (Å²) in [4.78, 5) is 20.4. The molecule has 0 aliphatic heterocycles. The average Bonchev–Trinajstić information content (AvgIpc) is 2.52. The number of hydrogen-bond acceptors (Lipinski definition) is 4. The van der Waals surface area contributed by atoms with Crippen LogP contribution in [-0.2, 0) is 0 Å². The molecule has 1 heterocycles. The van der Waals surface area contributed by atoms with Gasteiger partial charge >= 0.3 is 0 Å². The van der Waals surface area contributed by atoms with Crippen LogP contribution in [0.5, 0.6) is 0 Å². The van der Waals surface area contributed by atoms with Gasteiger partial charge in [-0.15, -0.1) is 0 Å². The Balaban J connectivity index is 1.97. The maximum atomic E-state index is 12.2. The molecule has 0 unspecified atom stereocenters. The lowest BCUT2D eigenvalue weighted by atomic mass is 10.2. The van der Waals surface area contributed by atoms with Gasteiger partial charge in [-0.25, -0.2) is 9.97 Å². The smallest absolute Gasteiger partial charge is 0.274 e. The molecule has 0 bridgehead atoms. The third-order valence-electron chi connectivity index (χ3n) is 3.07. The summed E-state index contributed by atoms with van der Waals surface area (Å²) in [7, 11) is 0. The molecule has 2 N–H and O–H groups in total. The molecule has 1 amide bonds. The molecule has 0 radical (unpaired) electrons. The van der Waals surface area contributed by atoms with Gasteiger partial charge in [0.05, 0.1) is 0 Å². The van der Waals surface area contributed by atoms with Gasteiger partial charge in [0, 0.05) is 22.8 Å². The van der Waals surface area contributed by atoms with E-state index in [1.54, 1.807) is 6.07 Å². The molecular formula is C16H19BrN4O. The van der Waals surface area contributed by atoms with Crippen molar-refractivity contribution in [3.8, 4) is 0 Å². The van der Waals surface area contributed by atoms with Gasteiger partial charge in [-0.3, -0.25) is 4.79 Å². The predicted molar refractivity (Wildman–Crippen MR) is 92.1 cm³/mol. The van der Waals surface area contributed by atoms with Crippen LogP contribution in [0.4, 0.5) is 11.5 Å². The maximum Gasteiger partial charge on any atom is 0.274 e. The fourth-order valence-corrected chi connectivity index (χ4v) is 2.33. The number of nitrogens with one attached hydrogen (secondary N) is 2. The van der Waals surface area contributed by atoms with E-state index in [0.29, 0.717) is 11.5 Å². The number of anilines is 2. The molecule has 5 nitrogen and oxygen atoms in total. The number of amides is 1. The van der Waals surface area contributed by atoms with E-state index >= 15 is 0 Å². The van der Waals surface area contributed by atoms with Crippen LogP contribution in [0, 0.1) is 0 Å². The van der Waals surface area contributed by atoms with Crippen LogP contribution in [-0.4, -0.2) is 22.4 Å². The number of unbranched alkanes of at least 4 members (excludes halogenated alkanes) is 2. The molecule has 2 aromatic rings. The predicted octanol–water partition coefficient (Wildman–Crippen LogP) is 4.09. The number of rotatable bonds is 7. The SMILES string of the molecule is CCCCCNc1cc(C(=O)Nc2cccc(Br)c2)ncn1. The van der Waals surface area contributed by atoms with Crippen LogP contribution in [0.2, 0.25) is 0 Å². The zero-order valence-corrected chi connectivity index (χ0v) is 14.1. The molecule has 1 aromatic heterocycles. The van der Waals surface area contributed by atoms with Crippen molar-refractivity contribution < 1.29 is 4.79 Å². The number of hydrogen-bond donors (Lipinski definition) is 2. The van der Waals surface area contributed by atoms with E-state index in [9.17, 15) is 4.79 Å². The third-order valence-corrected chi connectivity index (χ3v) is 3.56. The molecule has 1 aromatic carbocycles. The first-order valence-electron chi connectivity index (χ1n) is 7.32. The molecule has 0 spiro atoms. The first kappa shape index (κ1) is 16.4. The zero-order chi connectivity index (χ0) is 15.8. The average molecular weight is 363 g/mol. The van der Waals surface area contributed by atoms with E-state index in [0.717, 1.165) is 23.1 Å². The quantitative estimate of drug-likeness (QED) is 0.727. The summed E-state index contributed by atoms with van der Waals surface area (Å²) in [6.07, 6.45) is 4.83. The normalized spacial score (nSPS) is 10.3. The largest absolute Gasteiger partial charge is 0.370 e. The van der Waals surface area contributed by atoms with Crippen molar-refractivity contribution in [2.45, 2.75) is 26.2 Å². The fraction of sp³-hybridized carbons (Fsp3) is 0.312. The van der Waals surface area contributed by atoms with Crippen LogP contribution in [0.1, 0.15) is 36.7 Å². The number of benzene rings is 1. The number of carbonyl (C=O) groups excluding carboxylic acids is 1. The van der Waals surface area contributed by atoms with Gasteiger partial charge in [-0.1, -0.05) is 41.8 Å². The number of carbonyl (C=O) groups is 1. The van der Waals surface area contributed by atoms with Crippen molar-refractivity contribution in [1.29, 1.82) is 0 Å². The van der Waals surface area contributed by atoms with Gasteiger partial charge in [-0.2, -0.15) is 0 Å². The lowest BCUT2D eigenvalue weighted by molar-refractivity contribution is 0.102. The van der Waals surface area contributed by atoms with Crippen molar-refractivity contribution in [1.82, 2.24) is 9.97 Å². The van der Waals surface area contributed by atoms with E-state index in [2.05, 4.69) is 43.5 Å². The van der Waals surface area contributed by atoms with Crippen molar-refractivity contribution in [2.24, 2.45) is 0 Å². The van der Waals surface area contributed by atoms with E-state index in [1.807, 2.05) is 24.3 Å². The lowest BCUT2D eigenvalue weighted by Gasteiger charge is -2.07. The van der Waals surface area contributed by atoms with E-state index < -0.39 is 0 Å². The van der Waals surface area contributed by atoms with Gasteiger partial charge < -0.3 is 10.6 Å². The summed E-state index contributed by atoms with van der Waals surface area (Å²) in [6.45, 7) is 3.01. The second-order valence-corrected chi connectivity index (χ2v) is 5.80. The number of aromatic nitrogens is 2. The highest BCUT2D eigenvalue weighted by molar-refractivity contribution is 9.10. The molecule has 6 heteroatoms. The zero-order valence-electron chi connectivity index (χ0n) is 12.5. The maximum absolute atomic E-state index is 12.2. The van der Waals surface area contributed by atoms with E-state index in [-0.39, 0.29) is 5.91 Å². The highest BCUT2D eigenvalue weighted by Gasteiger charge is 2.09. The van der Waals surface area contributed by atoms with Crippen LogP contribution in [0.25, 0.3) is 0 Å². The molecule has 116 valence electrons. The molecule has 0 aliphatic carbocycles.